The normalized spacial score (nSPS) is 12.0. The minimum absolute atomic E-state index is 0.111. The van der Waals surface area contributed by atoms with Crippen molar-refractivity contribution in [2.24, 2.45) is 5.73 Å². The summed E-state index contributed by atoms with van der Waals surface area (Å²) in [7, 11) is 0. The van der Waals surface area contributed by atoms with E-state index >= 15 is 0 Å². The molecule has 0 aliphatic rings. The molecule has 0 heterocycles. The first-order valence-corrected chi connectivity index (χ1v) is 6.51. The predicted molar refractivity (Wildman–Crippen MR) is 76.8 cm³/mol. The molecular weight excluding hydrogens is 297 g/mol. The zero-order valence-corrected chi connectivity index (χ0v) is 11.7. The third kappa shape index (κ3) is 3.71. The molecule has 110 valence electrons. The largest absolute Gasteiger partial charge is 0.490 e. The number of aliphatic hydroxyl groups is 1. The number of amides is 1. The Kier molecular flexibility index (Phi) is 4.77. The third-order valence-electron chi connectivity index (χ3n) is 2.87. The number of nitrogens with two attached hydrogens (primary N) is 1. The smallest absolute Gasteiger partial charge is 0.252 e. The van der Waals surface area contributed by atoms with Gasteiger partial charge in [0.05, 0.1) is 5.56 Å². The summed E-state index contributed by atoms with van der Waals surface area (Å²) in [6, 6.07) is 10.2. The molecule has 6 heteroatoms. The van der Waals surface area contributed by atoms with Crippen molar-refractivity contribution in [3.8, 4) is 5.75 Å². The van der Waals surface area contributed by atoms with Crippen LogP contribution in [-0.4, -0.2) is 17.6 Å². The summed E-state index contributed by atoms with van der Waals surface area (Å²) in [6.45, 7) is -0.235. The second-order valence-electron chi connectivity index (χ2n) is 4.35. The van der Waals surface area contributed by atoms with Crippen molar-refractivity contribution in [3.05, 3.63) is 64.4 Å². The van der Waals surface area contributed by atoms with Crippen LogP contribution in [0.25, 0.3) is 0 Å². The van der Waals surface area contributed by atoms with Crippen molar-refractivity contribution in [1.82, 2.24) is 0 Å². The molecule has 2 aromatic carbocycles. The molecular formula is C15H13ClFNO3. The van der Waals surface area contributed by atoms with Crippen LogP contribution in [0.4, 0.5) is 4.39 Å². The maximum Gasteiger partial charge on any atom is 0.252 e. The van der Waals surface area contributed by atoms with Crippen molar-refractivity contribution in [2.75, 3.05) is 6.61 Å². The van der Waals surface area contributed by atoms with Gasteiger partial charge in [-0.15, -0.1) is 0 Å². The van der Waals surface area contributed by atoms with Crippen molar-refractivity contribution in [2.45, 2.75) is 6.10 Å². The van der Waals surface area contributed by atoms with E-state index in [0.29, 0.717) is 5.02 Å². The van der Waals surface area contributed by atoms with E-state index in [2.05, 4.69) is 0 Å². The second-order valence-corrected chi connectivity index (χ2v) is 4.79. The van der Waals surface area contributed by atoms with E-state index in [-0.39, 0.29) is 23.5 Å². The van der Waals surface area contributed by atoms with E-state index in [4.69, 9.17) is 22.1 Å². The molecule has 1 amide bonds. The van der Waals surface area contributed by atoms with E-state index in [1.165, 1.54) is 36.4 Å². The lowest BCUT2D eigenvalue weighted by Gasteiger charge is -2.15. The Balaban J connectivity index is 2.15. The molecule has 0 spiro atoms. The van der Waals surface area contributed by atoms with Gasteiger partial charge in [0.2, 0.25) is 0 Å². The molecule has 0 radical (unpaired) electrons. The Morgan fingerprint density at radius 1 is 1.33 bits per heavy atom. The first kappa shape index (κ1) is 15.3. The van der Waals surface area contributed by atoms with Crippen molar-refractivity contribution >= 4 is 17.5 Å². The number of aliphatic hydroxyl groups excluding tert-OH is 1. The number of hydrogen-bond donors (Lipinski definition) is 2. The molecule has 0 saturated heterocycles. The second kappa shape index (κ2) is 6.56. The van der Waals surface area contributed by atoms with E-state index < -0.39 is 17.8 Å². The van der Waals surface area contributed by atoms with Gasteiger partial charge in [-0.2, -0.15) is 0 Å². The van der Waals surface area contributed by atoms with E-state index in [1.807, 2.05) is 0 Å². The third-order valence-corrected chi connectivity index (χ3v) is 3.11. The Bertz CT molecular complexity index is 663. The highest BCUT2D eigenvalue weighted by molar-refractivity contribution is 6.30. The Labute approximate surface area is 125 Å². The van der Waals surface area contributed by atoms with Crippen LogP contribution >= 0.6 is 11.6 Å². The number of halogens is 2. The van der Waals surface area contributed by atoms with Gasteiger partial charge in [-0.05, 0) is 24.3 Å². The number of rotatable bonds is 5. The van der Waals surface area contributed by atoms with E-state index in [0.717, 1.165) is 0 Å². The number of hydrogen-bond acceptors (Lipinski definition) is 3. The number of benzene rings is 2. The van der Waals surface area contributed by atoms with Crippen molar-refractivity contribution in [3.63, 3.8) is 0 Å². The summed E-state index contributed by atoms with van der Waals surface area (Å²) in [6.07, 6.45) is -1.18. The van der Waals surface area contributed by atoms with Crippen LogP contribution in [0.1, 0.15) is 22.0 Å². The summed E-state index contributed by atoms with van der Waals surface area (Å²) in [5.41, 5.74) is 5.47. The highest BCUT2D eigenvalue weighted by Crippen LogP contribution is 2.25. The average Bonchev–Trinajstić information content (AvgIpc) is 2.45. The lowest BCUT2D eigenvalue weighted by atomic mass is 10.1. The van der Waals surface area contributed by atoms with Gasteiger partial charge < -0.3 is 15.6 Å². The van der Waals surface area contributed by atoms with Crippen LogP contribution < -0.4 is 10.5 Å². The van der Waals surface area contributed by atoms with Gasteiger partial charge in [0.1, 0.15) is 24.3 Å². The van der Waals surface area contributed by atoms with Crippen LogP contribution in [-0.2, 0) is 0 Å². The zero-order chi connectivity index (χ0) is 15.4. The summed E-state index contributed by atoms with van der Waals surface area (Å²) in [5.74, 6) is -1.07. The van der Waals surface area contributed by atoms with Gasteiger partial charge in [0.25, 0.3) is 5.91 Å². The van der Waals surface area contributed by atoms with E-state index in [9.17, 15) is 14.3 Å². The fourth-order valence-electron chi connectivity index (χ4n) is 1.82. The predicted octanol–water partition coefficient (Wildman–Crippen LogP) is 2.69. The molecule has 0 bridgehead atoms. The highest BCUT2D eigenvalue weighted by Gasteiger charge is 2.15. The molecule has 1 unspecified atom stereocenters. The molecule has 0 saturated carbocycles. The zero-order valence-electron chi connectivity index (χ0n) is 10.9. The number of carbonyl (C=O) groups is 1. The Hall–Kier alpha value is -2.11. The Morgan fingerprint density at radius 3 is 2.71 bits per heavy atom. The molecule has 0 aliphatic carbocycles. The monoisotopic (exact) mass is 309 g/mol. The van der Waals surface area contributed by atoms with Crippen LogP contribution in [0.2, 0.25) is 5.02 Å². The van der Waals surface area contributed by atoms with Crippen molar-refractivity contribution in [1.29, 1.82) is 0 Å². The van der Waals surface area contributed by atoms with E-state index in [1.54, 1.807) is 6.07 Å². The van der Waals surface area contributed by atoms with Gasteiger partial charge in [-0.3, -0.25) is 4.79 Å². The molecule has 2 aromatic rings. The van der Waals surface area contributed by atoms with Crippen LogP contribution in [0.15, 0.2) is 42.5 Å². The van der Waals surface area contributed by atoms with Crippen LogP contribution in [0, 0.1) is 5.82 Å². The summed E-state index contributed by atoms with van der Waals surface area (Å²) >= 11 is 5.82. The number of carbonyl (C=O) groups excluding carboxylic acids is 1. The molecule has 1 atom stereocenters. The molecule has 3 N–H and O–H groups in total. The minimum atomic E-state index is -1.18. The molecule has 0 fully saturated rings. The molecule has 2 rings (SSSR count). The molecule has 0 aromatic heterocycles. The summed E-state index contributed by atoms with van der Waals surface area (Å²) in [5, 5.41) is 10.3. The molecule has 0 aliphatic heterocycles. The maximum absolute atomic E-state index is 13.5. The highest BCUT2D eigenvalue weighted by atomic mass is 35.5. The quantitative estimate of drug-likeness (QED) is 0.892. The fraction of sp³-hybridized carbons (Fsp3) is 0.133. The number of primary amides is 1. The van der Waals surface area contributed by atoms with Gasteiger partial charge in [0.15, 0.2) is 0 Å². The minimum Gasteiger partial charge on any atom is -0.490 e. The van der Waals surface area contributed by atoms with Gasteiger partial charge >= 0.3 is 0 Å². The summed E-state index contributed by atoms with van der Waals surface area (Å²) < 4.78 is 18.9. The Morgan fingerprint density at radius 2 is 2.05 bits per heavy atom. The van der Waals surface area contributed by atoms with Crippen LogP contribution in [0.5, 0.6) is 5.75 Å². The van der Waals surface area contributed by atoms with Gasteiger partial charge in [-0.25, -0.2) is 4.39 Å². The SMILES string of the molecule is NC(=O)c1ccc(Cl)cc1OCC(O)c1ccccc1F. The lowest BCUT2D eigenvalue weighted by Crippen LogP contribution is -2.16. The lowest BCUT2D eigenvalue weighted by molar-refractivity contribution is 0.0959. The average molecular weight is 310 g/mol. The van der Waals surface area contributed by atoms with Crippen LogP contribution in [0.3, 0.4) is 0 Å². The molecule has 21 heavy (non-hydrogen) atoms. The summed E-state index contributed by atoms with van der Waals surface area (Å²) in [4.78, 5) is 11.3. The van der Waals surface area contributed by atoms with Gasteiger partial charge in [0, 0.05) is 10.6 Å². The first-order chi connectivity index (χ1) is 9.99. The standard InChI is InChI=1S/C15H13ClFNO3/c16-9-5-6-11(15(18)20)14(7-9)21-8-13(19)10-3-1-2-4-12(10)17/h1-7,13,19H,8H2,(H2,18,20). The maximum atomic E-state index is 13.5. The molecule has 4 nitrogen and oxygen atoms in total. The van der Waals surface area contributed by atoms with Crippen molar-refractivity contribution < 1.29 is 19.0 Å². The number of ether oxygens (including phenoxy) is 1. The first-order valence-electron chi connectivity index (χ1n) is 6.13. The van der Waals surface area contributed by atoms with Gasteiger partial charge in [-0.1, -0.05) is 29.8 Å². The fourth-order valence-corrected chi connectivity index (χ4v) is 1.99. The topological polar surface area (TPSA) is 72.6 Å².